The van der Waals surface area contributed by atoms with Gasteiger partial charge in [0.15, 0.2) is 0 Å². The second kappa shape index (κ2) is 6.04. The van der Waals surface area contributed by atoms with Crippen molar-refractivity contribution in [3.63, 3.8) is 0 Å². The molecule has 0 atom stereocenters. The summed E-state index contributed by atoms with van der Waals surface area (Å²) in [5.74, 6) is -0.303. The van der Waals surface area contributed by atoms with Crippen LogP contribution in [0.5, 0.6) is 0 Å². The Morgan fingerprint density at radius 3 is 2.74 bits per heavy atom. The molecule has 0 bridgehead atoms. The van der Waals surface area contributed by atoms with Gasteiger partial charge < -0.3 is 10.6 Å². The average Bonchev–Trinajstić information content (AvgIpc) is 2.43. The van der Waals surface area contributed by atoms with Crippen molar-refractivity contribution < 1.29 is 4.79 Å². The molecule has 0 fully saturated rings. The van der Waals surface area contributed by atoms with E-state index in [0.29, 0.717) is 16.4 Å². The number of nitrogens with zero attached hydrogens (tertiary/aromatic N) is 1. The second-order valence-corrected chi connectivity index (χ2v) is 5.08. The van der Waals surface area contributed by atoms with Gasteiger partial charge in [-0.25, -0.2) is 4.98 Å². The molecule has 4 nitrogen and oxygen atoms in total. The molecule has 0 aliphatic rings. The maximum Gasteiger partial charge on any atom is 0.274 e. The lowest BCUT2D eigenvalue weighted by atomic mass is 10.3. The first kappa shape index (κ1) is 13.8. The smallest absolute Gasteiger partial charge is 0.274 e. The fraction of sp³-hybridized carbons (Fsp3) is 0.0769. The standard InChI is InChI=1S/C13H11BrClN3O/c1-16-9-3-5-11(17-7-9)13(19)18-12-6-8(14)2-4-10(12)15/h2-7,16H,1H3,(H,18,19). The van der Waals surface area contributed by atoms with E-state index in [-0.39, 0.29) is 5.91 Å². The lowest BCUT2D eigenvalue weighted by Crippen LogP contribution is -2.14. The Morgan fingerprint density at radius 2 is 2.11 bits per heavy atom. The Balaban J connectivity index is 2.18. The minimum atomic E-state index is -0.303. The molecular weight excluding hydrogens is 330 g/mol. The van der Waals surface area contributed by atoms with E-state index in [1.54, 1.807) is 43.6 Å². The number of pyridine rings is 1. The van der Waals surface area contributed by atoms with Gasteiger partial charge in [0.05, 0.1) is 22.6 Å². The number of aromatic nitrogens is 1. The lowest BCUT2D eigenvalue weighted by molar-refractivity contribution is 0.102. The molecule has 2 aromatic rings. The van der Waals surface area contributed by atoms with Gasteiger partial charge >= 0.3 is 0 Å². The van der Waals surface area contributed by atoms with Crippen LogP contribution in [0.15, 0.2) is 41.0 Å². The van der Waals surface area contributed by atoms with E-state index in [0.717, 1.165) is 10.2 Å². The largest absolute Gasteiger partial charge is 0.387 e. The molecule has 0 aliphatic heterocycles. The molecule has 98 valence electrons. The van der Waals surface area contributed by atoms with E-state index >= 15 is 0 Å². The summed E-state index contributed by atoms with van der Waals surface area (Å²) in [4.78, 5) is 16.1. The van der Waals surface area contributed by atoms with Gasteiger partial charge in [0.1, 0.15) is 5.69 Å². The molecule has 1 aromatic carbocycles. The van der Waals surface area contributed by atoms with Crippen LogP contribution in [-0.4, -0.2) is 17.9 Å². The maximum absolute atomic E-state index is 12.0. The maximum atomic E-state index is 12.0. The molecular formula is C13H11BrClN3O. The van der Waals surface area contributed by atoms with Crippen molar-refractivity contribution in [2.45, 2.75) is 0 Å². The monoisotopic (exact) mass is 339 g/mol. The van der Waals surface area contributed by atoms with Crippen molar-refractivity contribution in [2.24, 2.45) is 0 Å². The quantitative estimate of drug-likeness (QED) is 0.894. The Hall–Kier alpha value is -1.59. The van der Waals surface area contributed by atoms with Gasteiger partial charge in [-0.1, -0.05) is 27.5 Å². The van der Waals surface area contributed by atoms with Gasteiger partial charge in [-0.15, -0.1) is 0 Å². The van der Waals surface area contributed by atoms with Crippen LogP contribution in [0.4, 0.5) is 11.4 Å². The van der Waals surface area contributed by atoms with E-state index < -0.39 is 0 Å². The van der Waals surface area contributed by atoms with Crippen LogP contribution in [0.25, 0.3) is 0 Å². The minimum absolute atomic E-state index is 0.303. The molecule has 19 heavy (non-hydrogen) atoms. The number of benzene rings is 1. The number of anilines is 2. The van der Waals surface area contributed by atoms with Crippen LogP contribution in [0.3, 0.4) is 0 Å². The van der Waals surface area contributed by atoms with Gasteiger partial charge in [0.25, 0.3) is 5.91 Å². The van der Waals surface area contributed by atoms with E-state index in [2.05, 4.69) is 31.5 Å². The second-order valence-electron chi connectivity index (χ2n) is 3.76. The summed E-state index contributed by atoms with van der Waals surface area (Å²) in [6, 6.07) is 8.68. The van der Waals surface area contributed by atoms with Crippen molar-refractivity contribution in [3.05, 3.63) is 51.7 Å². The SMILES string of the molecule is CNc1ccc(C(=O)Nc2cc(Br)ccc2Cl)nc1. The zero-order chi connectivity index (χ0) is 13.8. The van der Waals surface area contributed by atoms with Gasteiger partial charge in [-0.05, 0) is 30.3 Å². The molecule has 1 amide bonds. The van der Waals surface area contributed by atoms with E-state index in [4.69, 9.17) is 11.6 Å². The van der Waals surface area contributed by atoms with Crippen LogP contribution >= 0.6 is 27.5 Å². The highest BCUT2D eigenvalue weighted by atomic mass is 79.9. The first-order valence-electron chi connectivity index (χ1n) is 5.50. The van der Waals surface area contributed by atoms with Crippen LogP contribution in [0.1, 0.15) is 10.5 Å². The van der Waals surface area contributed by atoms with Crippen molar-refractivity contribution >= 4 is 44.8 Å². The third-order valence-electron chi connectivity index (χ3n) is 2.46. The number of hydrogen-bond donors (Lipinski definition) is 2. The van der Waals surface area contributed by atoms with Gasteiger partial charge in [0.2, 0.25) is 0 Å². The fourth-order valence-corrected chi connectivity index (χ4v) is 1.98. The molecule has 1 aromatic heterocycles. The lowest BCUT2D eigenvalue weighted by Gasteiger charge is -2.07. The summed E-state index contributed by atoms with van der Waals surface area (Å²) in [7, 11) is 1.79. The first-order chi connectivity index (χ1) is 9.10. The summed E-state index contributed by atoms with van der Waals surface area (Å²) in [6.45, 7) is 0. The molecule has 1 heterocycles. The third-order valence-corrected chi connectivity index (χ3v) is 3.28. The summed E-state index contributed by atoms with van der Waals surface area (Å²) in [5.41, 5.74) is 1.72. The molecule has 0 saturated carbocycles. The van der Waals surface area contributed by atoms with Crippen LogP contribution < -0.4 is 10.6 Å². The average molecular weight is 341 g/mol. The zero-order valence-corrected chi connectivity index (χ0v) is 12.4. The number of carbonyl (C=O) groups is 1. The molecule has 0 radical (unpaired) electrons. The fourth-order valence-electron chi connectivity index (χ4n) is 1.46. The Bertz CT molecular complexity index is 601. The molecule has 2 rings (SSSR count). The van der Waals surface area contributed by atoms with E-state index in [9.17, 15) is 4.79 Å². The number of hydrogen-bond acceptors (Lipinski definition) is 3. The van der Waals surface area contributed by atoms with Gasteiger partial charge in [-0.3, -0.25) is 4.79 Å². The molecule has 0 spiro atoms. The number of rotatable bonds is 3. The predicted molar refractivity (Wildman–Crippen MR) is 80.9 cm³/mol. The van der Waals surface area contributed by atoms with Crippen molar-refractivity contribution in [3.8, 4) is 0 Å². The van der Waals surface area contributed by atoms with Crippen LogP contribution in [0, 0.1) is 0 Å². The van der Waals surface area contributed by atoms with Gasteiger partial charge in [-0.2, -0.15) is 0 Å². The van der Waals surface area contributed by atoms with Crippen LogP contribution in [0.2, 0.25) is 5.02 Å². The number of halogens is 2. The van der Waals surface area contributed by atoms with Crippen molar-refractivity contribution in [2.75, 3.05) is 17.7 Å². The van der Waals surface area contributed by atoms with Crippen LogP contribution in [-0.2, 0) is 0 Å². The zero-order valence-electron chi connectivity index (χ0n) is 10.1. The Morgan fingerprint density at radius 1 is 1.32 bits per heavy atom. The molecule has 6 heteroatoms. The summed E-state index contributed by atoms with van der Waals surface area (Å²) < 4.78 is 0.839. The summed E-state index contributed by atoms with van der Waals surface area (Å²) in [5, 5.41) is 6.13. The topological polar surface area (TPSA) is 54.0 Å². The summed E-state index contributed by atoms with van der Waals surface area (Å²) in [6.07, 6.45) is 1.59. The Kier molecular flexibility index (Phi) is 4.39. The molecule has 0 unspecified atom stereocenters. The first-order valence-corrected chi connectivity index (χ1v) is 6.67. The normalized spacial score (nSPS) is 10.1. The summed E-state index contributed by atoms with van der Waals surface area (Å²) >= 11 is 9.34. The predicted octanol–water partition coefficient (Wildman–Crippen LogP) is 3.79. The highest BCUT2D eigenvalue weighted by Crippen LogP contribution is 2.26. The number of carbonyl (C=O) groups excluding carboxylic acids is 1. The highest BCUT2D eigenvalue weighted by molar-refractivity contribution is 9.10. The molecule has 2 N–H and O–H groups in total. The highest BCUT2D eigenvalue weighted by Gasteiger charge is 2.10. The van der Waals surface area contributed by atoms with E-state index in [1.807, 2.05) is 0 Å². The number of amides is 1. The Labute approximate surface area is 124 Å². The third kappa shape index (κ3) is 3.45. The van der Waals surface area contributed by atoms with Crippen molar-refractivity contribution in [1.82, 2.24) is 4.98 Å². The minimum Gasteiger partial charge on any atom is -0.387 e. The molecule has 0 saturated heterocycles. The number of nitrogens with one attached hydrogen (secondary N) is 2. The molecule has 0 aliphatic carbocycles. The van der Waals surface area contributed by atoms with E-state index in [1.165, 1.54) is 0 Å². The van der Waals surface area contributed by atoms with Crippen molar-refractivity contribution in [1.29, 1.82) is 0 Å². The van der Waals surface area contributed by atoms with Gasteiger partial charge in [0, 0.05) is 11.5 Å².